The zero-order chi connectivity index (χ0) is 28.2. The lowest BCUT2D eigenvalue weighted by Gasteiger charge is -2.23. The highest BCUT2D eigenvalue weighted by atomic mass is 19.4. The van der Waals surface area contributed by atoms with Gasteiger partial charge in [0.25, 0.3) is 18.2 Å². The predicted molar refractivity (Wildman–Crippen MR) is 122 cm³/mol. The van der Waals surface area contributed by atoms with Crippen molar-refractivity contribution in [1.82, 2.24) is 5.32 Å². The number of hydrogen-bond donors (Lipinski definition) is 3. The second kappa shape index (κ2) is 9.43. The number of benzene rings is 3. The van der Waals surface area contributed by atoms with Crippen molar-refractivity contribution >= 4 is 17.5 Å². The van der Waals surface area contributed by atoms with Crippen LogP contribution in [0.3, 0.4) is 0 Å². The van der Waals surface area contributed by atoms with Gasteiger partial charge in [0.2, 0.25) is 0 Å². The van der Waals surface area contributed by atoms with E-state index in [0.717, 1.165) is 18.2 Å². The molecule has 4 rings (SSSR count). The number of amides is 2. The van der Waals surface area contributed by atoms with Crippen LogP contribution in [0, 0.1) is 11.6 Å². The summed E-state index contributed by atoms with van der Waals surface area (Å²) in [7, 11) is 0. The fourth-order valence-electron chi connectivity index (χ4n) is 4.20. The number of aliphatic hydroxyl groups is 1. The van der Waals surface area contributed by atoms with Gasteiger partial charge in [0.1, 0.15) is 11.6 Å². The molecule has 0 aliphatic carbocycles. The molecule has 38 heavy (non-hydrogen) atoms. The molecule has 0 spiro atoms. The van der Waals surface area contributed by atoms with E-state index in [4.69, 9.17) is 0 Å². The van der Waals surface area contributed by atoms with Gasteiger partial charge in [-0.3, -0.25) is 9.59 Å². The Bertz CT molecular complexity index is 1450. The minimum absolute atomic E-state index is 0.0868. The predicted octanol–water partition coefficient (Wildman–Crippen LogP) is 6.23. The molecule has 1 unspecified atom stereocenters. The summed E-state index contributed by atoms with van der Waals surface area (Å²) in [5, 5.41) is 15.3. The molecule has 0 fully saturated rings. The lowest BCUT2D eigenvalue weighted by Crippen LogP contribution is -2.22. The monoisotopic (exact) mass is 540 g/mol. The van der Waals surface area contributed by atoms with Gasteiger partial charge in [-0.25, -0.2) is 17.6 Å². The van der Waals surface area contributed by atoms with E-state index in [0.29, 0.717) is 12.1 Å². The molecule has 200 valence electrons. The zero-order valence-electron chi connectivity index (χ0n) is 19.7. The van der Waals surface area contributed by atoms with E-state index in [1.807, 2.05) is 0 Å². The molecule has 5 nitrogen and oxygen atoms in total. The molecule has 3 N–H and O–H groups in total. The fraction of sp³-hybridized carbons (Fsp3) is 0.231. The highest BCUT2D eigenvalue weighted by Crippen LogP contribution is 2.42. The van der Waals surface area contributed by atoms with Gasteiger partial charge < -0.3 is 15.7 Å². The third kappa shape index (κ3) is 5.21. The van der Waals surface area contributed by atoms with Crippen LogP contribution in [0.25, 0.3) is 0 Å². The molecule has 12 heteroatoms. The van der Waals surface area contributed by atoms with Crippen LogP contribution in [0.5, 0.6) is 0 Å². The van der Waals surface area contributed by atoms with Crippen LogP contribution in [0.4, 0.5) is 36.4 Å². The average Bonchev–Trinajstić information content (AvgIpc) is 3.14. The topological polar surface area (TPSA) is 78.4 Å². The van der Waals surface area contributed by atoms with Crippen molar-refractivity contribution < 1.29 is 45.4 Å². The molecule has 3 aromatic rings. The molecule has 0 bridgehead atoms. The Hall–Kier alpha value is -3.93. The summed E-state index contributed by atoms with van der Waals surface area (Å²) < 4.78 is 94.9. The first-order chi connectivity index (χ1) is 17.6. The number of carbonyl (C=O) groups excluding carboxylic acids is 2. The number of alkyl halides is 5. The summed E-state index contributed by atoms with van der Waals surface area (Å²) in [6, 6.07) is 4.70. The van der Waals surface area contributed by atoms with Gasteiger partial charge in [0, 0.05) is 27.9 Å². The van der Waals surface area contributed by atoms with E-state index < -0.39 is 64.4 Å². The van der Waals surface area contributed by atoms with Gasteiger partial charge in [0.15, 0.2) is 0 Å². The van der Waals surface area contributed by atoms with Crippen molar-refractivity contribution in [1.29, 1.82) is 0 Å². The average molecular weight is 540 g/mol. The lowest BCUT2D eigenvalue weighted by atomic mass is 9.88. The van der Waals surface area contributed by atoms with E-state index >= 15 is 0 Å². The number of hydrogen-bond acceptors (Lipinski definition) is 3. The SMILES string of the molecule is CC(C)(O)c1cc(NC(=O)c2cc(F)cc(C(F)(F)F)c2)c2c(c1)C(=O)NC2c1cc(F)ccc1C(F)F. The summed E-state index contributed by atoms with van der Waals surface area (Å²) in [6.07, 6.45) is -8.02. The van der Waals surface area contributed by atoms with Crippen molar-refractivity contribution in [3.8, 4) is 0 Å². The first-order valence-electron chi connectivity index (χ1n) is 11.0. The first kappa shape index (κ1) is 27.1. The second-order valence-electron chi connectivity index (χ2n) is 9.20. The van der Waals surface area contributed by atoms with E-state index in [2.05, 4.69) is 10.6 Å². The van der Waals surface area contributed by atoms with Crippen LogP contribution < -0.4 is 10.6 Å². The van der Waals surface area contributed by atoms with Crippen LogP contribution in [0.15, 0.2) is 48.5 Å². The Morgan fingerprint density at radius 2 is 1.66 bits per heavy atom. The zero-order valence-corrected chi connectivity index (χ0v) is 19.7. The quantitative estimate of drug-likeness (QED) is 0.336. The highest BCUT2D eigenvalue weighted by Gasteiger charge is 2.37. The minimum atomic E-state index is -4.95. The minimum Gasteiger partial charge on any atom is -0.386 e. The molecule has 1 aliphatic rings. The van der Waals surface area contributed by atoms with Crippen LogP contribution in [0.1, 0.15) is 74.8 Å². The third-order valence-electron chi connectivity index (χ3n) is 6.03. The van der Waals surface area contributed by atoms with Crippen molar-refractivity contribution in [2.45, 2.75) is 38.1 Å². The Balaban J connectivity index is 1.89. The maximum Gasteiger partial charge on any atom is 0.416 e. The van der Waals surface area contributed by atoms with Gasteiger partial charge in [-0.15, -0.1) is 0 Å². The van der Waals surface area contributed by atoms with Crippen LogP contribution >= 0.6 is 0 Å². The van der Waals surface area contributed by atoms with E-state index in [9.17, 15) is 45.4 Å². The van der Waals surface area contributed by atoms with Crippen LogP contribution in [0.2, 0.25) is 0 Å². The first-order valence-corrected chi connectivity index (χ1v) is 11.0. The molecule has 0 saturated heterocycles. The standard InChI is InChI=1S/C26H19F7N2O3/c1-25(2,38)12-8-18-20(21(35-24(18)37)17-10-14(27)3-4-16(17)22(29)30)19(9-12)34-23(36)11-5-13(26(31,32)33)7-15(28)6-11/h3-10,21-22,38H,1-2H3,(H,34,36)(H,35,37). The maximum atomic E-state index is 14.1. The van der Waals surface area contributed by atoms with E-state index in [1.54, 1.807) is 0 Å². The van der Waals surface area contributed by atoms with Crippen molar-refractivity contribution in [2.24, 2.45) is 0 Å². The molecule has 2 amide bonds. The third-order valence-corrected chi connectivity index (χ3v) is 6.03. The molecular formula is C26H19F7N2O3. The summed E-state index contributed by atoms with van der Waals surface area (Å²) in [5.41, 5.74) is -5.02. The molecule has 1 aliphatic heterocycles. The van der Waals surface area contributed by atoms with Crippen molar-refractivity contribution in [3.05, 3.63) is 99.1 Å². The summed E-state index contributed by atoms with van der Waals surface area (Å²) in [6.45, 7) is 2.71. The fourth-order valence-corrected chi connectivity index (χ4v) is 4.20. The van der Waals surface area contributed by atoms with Crippen molar-refractivity contribution in [3.63, 3.8) is 0 Å². The van der Waals surface area contributed by atoms with Gasteiger partial charge in [-0.2, -0.15) is 13.2 Å². The van der Waals surface area contributed by atoms with Gasteiger partial charge in [-0.05, 0) is 67.4 Å². The van der Waals surface area contributed by atoms with Crippen LogP contribution in [-0.2, 0) is 11.8 Å². The largest absolute Gasteiger partial charge is 0.416 e. The smallest absolute Gasteiger partial charge is 0.386 e. The lowest BCUT2D eigenvalue weighted by molar-refractivity contribution is -0.137. The van der Waals surface area contributed by atoms with Crippen molar-refractivity contribution in [2.75, 3.05) is 5.32 Å². The highest BCUT2D eigenvalue weighted by molar-refractivity contribution is 6.08. The molecule has 0 aromatic heterocycles. The van der Waals surface area contributed by atoms with E-state index in [1.165, 1.54) is 26.0 Å². The number of rotatable bonds is 5. The van der Waals surface area contributed by atoms with Gasteiger partial charge in [-0.1, -0.05) is 6.07 Å². The second-order valence-corrected chi connectivity index (χ2v) is 9.20. The molecule has 0 radical (unpaired) electrons. The summed E-state index contributed by atoms with van der Waals surface area (Å²) >= 11 is 0. The normalized spacial score (nSPS) is 15.4. The maximum absolute atomic E-state index is 14.1. The summed E-state index contributed by atoms with van der Waals surface area (Å²) in [5.74, 6) is -4.22. The molecule has 3 aromatic carbocycles. The summed E-state index contributed by atoms with van der Waals surface area (Å²) in [4.78, 5) is 25.8. The number of nitrogens with one attached hydrogen (secondary N) is 2. The Morgan fingerprint density at radius 3 is 2.26 bits per heavy atom. The van der Waals surface area contributed by atoms with E-state index in [-0.39, 0.29) is 34.0 Å². The Morgan fingerprint density at radius 1 is 0.974 bits per heavy atom. The Labute approximate surface area is 211 Å². The molecular weight excluding hydrogens is 521 g/mol. The number of fused-ring (bicyclic) bond motifs is 1. The number of anilines is 1. The van der Waals surface area contributed by atoms with Gasteiger partial charge in [0.05, 0.1) is 17.2 Å². The number of carbonyl (C=O) groups is 2. The van der Waals surface area contributed by atoms with Gasteiger partial charge >= 0.3 is 6.18 Å². The number of halogens is 7. The molecule has 1 atom stereocenters. The molecule has 1 heterocycles. The van der Waals surface area contributed by atoms with Crippen LogP contribution in [-0.4, -0.2) is 16.9 Å². The Kier molecular flexibility index (Phi) is 6.73. The molecule has 0 saturated carbocycles.